The molecule has 1 aromatic carbocycles. The van der Waals surface area contributed by atoms with Crippen molar-refractivity contribution in [3.8, 4) is 5.75 Å². The van der Waals surface area contributed by atoms with Crippen molar-refractivity contribution in [2.75, 3.05) is 25.4 Å². The molecular formula is C19H26IN3O4S2. The number of guanidine groups is 1. The van der Waals surface area contributed by atoms with Gasteiger partial charge in [-0.1, -0.05) is 24.3 Å². The van der Waals surface area contributed by atoms with E-state index in [4.69, 9.17) is 4.74 Å². The second kappa shape index (κ2) is 11.1. The van der Waals surface area contributed by atoms with E-state index in [1.165, 1.54) is 0 Å². The number of sulfone groups is 1. The number of hydrogen-bond acceptors (Lipinski definition) is 6. The van der Waals surface area contributed by atoms with Gasteiger partial charge in [-0.15, -0.1) is 35.3 Å². The van der Waals surface area contributed by atoms with Crippen LogP contribution in [0.2, 0.25) is 0 Å². The summed E-state index contributed by atoms with van der Waals surface area (Å²) in [6, 6.07) is 11.1. The molecule has 0 fully saturated rings. The largest absolute Gasteiger partial charge is 0.493 e. The molecular weight excluding hydrogens is 525 g/mol. The number of benzene rings is 1. The van der Waals surface area contributed by atoms with E-state index in [2.05, 4.69) is 15.6 Å². The molecule has 1 aliphatic heterocycles. The van der Waals surface area contributed by atoms with Crippen LogP contribution in [-0.4, -0.2) is 51.0 Å². The zero-order valence-corrected chi connectivity index (χ0v) is 20.0. The van der Waals surface area contributed by atoms with Gasteiger partial charge in [0, 0.05) is 18.5 Å². The molecule has 160 valence electrons. The van der Waals surface area contributed by atoms with Crippen LogP contribution in [-0.2, 0) is 9.84 Å². The Morgan fingerprint density at radius 2 is 2.14 bits per heavy atom. The van der Waals surface area contributed by atoms with Crippen molar-refractivity contribution >= 4 is 51.1 Å². The lowest BCUT2D eigenvalue weighted by atomic mass is 10.0. The first-order valence-electron chi connectivity index (χ1n) is 9.20. The molecule has 0 spiro atoms. The number of para-hydroxylation sites is 1. The number of aliphatic hydroxyl groups is 1. The summed E-state index contributed by atoms with van der Waals surface area (Å²) in [5.41, 5.74) is 1.06. The van der Waals surface area contributed by atoms with Gasteiger partial charge in [-0.2, -0.15) is 0 Å². The lowest BCUT2D eigenvalue weighted by Gasteiger charge is -2.28. The second-order valence-corrected chi connectivity index (χ2v) is 9.67. The maximum absolute atomic E-state index is 12.3. The number of nitrogens with zero attached hydrogens (tertiary/aromatic N) is 1. The Bertz CT molecular complexity index is 904. The number of nitrogens with one attached hydrogen (secondary N) is 2. The van der Waals surface area contributed by atoms with Gasteiger partial charge >= 0.3 is 0 Å². The van der Waals surface area contributed by atoms with Crippen molar-refractivity contribution in [2.45, 2.75) is 29.7 Å². The van der Waals surface area contributed by atoms with Crippen molar-refractivity contribution in [3.05, 3.63) is 47.3 Å². The number of thiophene rings is 1. The van der Waals surface area contributed by atoms with E-state index in [-0.39, 0.29) is 46.5 Å². The molecule has 3 rings (SSSR count). The van der Waals surface area contributed by atoms with Crippen molar-refractivity contribution in [2.24, 2.45) is 4.99 Å². The molecule has 2 heterocycles. The highest BCUT2D eigenvalue weighted by atomic mass is 127. The van der Waals surface area contributed by atoms with Gasteiger partial charge in [-0.25, -0.2) is 8.42 Å². The highest BCUT2D eigenvalue weighted by molar-refractivity contribution is 14.0. The fourth-order valence-electron chi connectivity index (χ4n) is 3.00. The number of aliphatic hydroxyl groups excluding tert-OH is 1. The molecule has 3 N–H and O–H groups in total. The van der Waals surface area contributed by atoms with E-state index in [0.29, 0.717) is 19.1 Å². The summed E-state index contributed by atoms with van der Waals surface area (Å²) in [5, 5.41) is 18.4. The maximum atomic E-state index is 12.3. The Hall–Kier alpha value is -1.37. The summed E-state index contributed by atoms with van der Waals surface area (Å²) < 4.78 is 30.5. The molecule has 2 atom stereocenters. The Balaban J connectivity index is 0.00000300. The van der Waals surface area contributed by atoms with Crippen molar-refractivity contribution in [3.63, 3.8) is 0 Å². The summed E-state index contributed by atoms with van der Waals surface area (Å²) in [6.07, 6.45) is -0.291. The van der Waals surface area contributed by atoms with Gasteiger partial charge in [0.1, 0.15) is 9.96 Å². The third kappa shape index (κ3) is 6.56. The van der Waals surface area contributed by atoms with Crippen LogP contribution in [0.25, 0.3) is 0 Å². The summed E-state index contributed by atoms with van der Waals surface area (Å²) in [6.45, 7) is 3.20. The molecule has 10 heteroatoms. The Morgan fingerprint density at radius 3 is 2.86 bits per heavy atom. The summed E-state index contributed by atoms with van der Waals surface area (Å²) in [4.78, 5) is 4.39. The van der Waals surface area contributed by atoms with Crippen LogP contribution in [0, 0.1) is 0 Å². The van der Waals surface area contributed by atoms with E-state index in [0.717, 1.165) is 29.1 Å². The molecule has 0 radical (unpaired) electrons. The molecule has 1 aliphatic rings. The predicted molar refractivity (Wildman–Crippen MR) is 126 cm³/mol. The lowest BCUT2D eigenvalue weighted by Crippen LogP contribution is -2.41. The summed E-state index contributed by atoms with van der Waals surface area (Å²) in [7, 11) is -3.50. The first kappa shape index (κ1) is 23.9. The predicted octanol–water partition coefficient (Wildman–Crippen LogP) is 2.58. The molecule has 2 aromatic rings. The van der Waals surface area contributed by atoms with E-state index in [1.807, 2.05) is 31.2 Å². The van der Waals surface area contributed by atoms with Crippen molar-refractivity contribution in [1.82, 2.24) is 10.6 Å². The Kier molecular flexibility index (Phi) is 9.18. The van der Waals surface area contributed by atoms with E-state index in [9.17, 15) is 13.5 Å². The zero-order valence-electron chi connectivity index (χ0n) is 16.1. The molecule has 0 saturated carbocycles. The number of fused-ring (bicyclic) bond motifs is 1. The Labute approximate surface area is 192 Å². The van der Waals surface area contributed by atoms with Gasteiger partial charge in [-0.3, -0.25) is 4.99 Å². The third-order valence-electron chi connectivity index (χ3n) is 4.29. The molecule has 0 amide bonds. The van der Waals surface area contributed by atoms with Gasteiger partial charge in [0.2, 0.25) is 0 Å². The molecule has 7 nitrogen and oxygen atoms in total. The van der Waals surface area contributed by atoms with Crippen LogP contribution in [0.15, 0.2) is 51.0 Å². The SMILES string of the molecule is CCNC(=NCC(O)CS(=O)(=O)c1cccs1)NC1CCOc2ccccc21.I. The van der Waals surface area contributed by atoms with Crippen molar-refractivity contribution < 1.29 is 18.3 Å². The minimum atomic E-state index is -3.50. The van der Waals surface area contributed by atoms with Crippen LogP contribution in [0.3, 0.4) is 0 Å². The number of halogens is 1. The molecule has 1 aromatic heterocycles. The molecule has 0 aliphatic carbocycles. The Morgan fingerprint density at radius 1 is 1.34 bits per heavy atom. The van der Waals surface area contributed by atoms with Crippen molar-refractivity contribution in [1.29, 1.82) is 0 Å². The standard InChI is InChI=1S/C19H25N3O4S2.HI/c1-2-20-19(22-16-9-10-26-17-7-4-3-6-15(16)17)21-12-14(23)13-28(24,25)18-8-5-11-27-18;/h3-8,11,14,16,23H,2,9-10,12-13H2,1H3,(H2,20,21,22);1H. The second-order valence-electron chi connectivity index (χ2n) is 6.46. The smallest absolute Gasteiger partial charge is 0.191 e. The van der Waals surface area contributed by atoms with Crippen LogP contribution >= 0.6 is 35.3 Å². The minimum absolute atomic E-state index is 0. The quantitative estimate of drug-likeness (QED) is 0.278. The van der Waals surface area contributed by atoms with E-state index in [1.54, 1.807) is 17.5 Å². The summed E-state index contributed by atoms with van der Waals surface area (Å²) >= 11 is 1.15. The first-order chi connectivity index (χ1) is 13.5. The number of ether oxygens (including phenoxy) is 1. The molecule has 0 bridgehead atoms. The monoisotopic (exact) mass is 551 g/mol. The average molecular weight is 551 g/mol. The van der Waals surface area contributed by atoms with Gasteiger partial charge in [0.25, 0.3) is 0 Å². The highest BCUT2D eigenvalue weighted by Crippen LogP contribution is 2.31. The summed E-state index contributed by atoms with van der Waals surface area (Å²) in [5.74, 6) is 1.04. The average Bonchev–Trinajstić information content (AvgIpc) is 3.22. The topological polar surface area (TPSA) is 100 Å². The zero-order chi connectivity index (χ0) is 20.0. The van der Waals surface area contributed by atoms with Gasteiger partial charge in [0.15, 0.2) is 15.8 Å². The molecule has 0 saturated heterocycles. The molecule has 2 unspecified atom stereocenters. The highest BCUT2D eigenvalue weighted by Gasteiger charge is 2.23. The van der Waals surface area contributed by atoms with Crippen LogP contribution in [0.5, 0.6) is 5.75 Å². The minimum Gasteiger partial charge on any atom is -0.493 e. The van der Waals surface area contributed by atoms with Gasteiger partial charge < -0.3 is 20.5 Å². The third-order valence-corrected chi connectivity index (χ3v) is 7.57. The normalized spacial score (nSPS) is 17.4. The van der Waals surface area contributed by atoms with Crippen LogP contribution in [0.1, 0.15) is 24.9 Å². The maximum Gasteiger partial charge on any atom is 0.191 e. The fraction of sp³-hybridized carbons (Fsp3) is 0.421. The number of rotatable bonds is 7. The first-order valence-corrected chi connectivity index (χ1v) is 11.7. The van der Waals surface area contributed by atoms with Gasteiger partial charge in [0.05, 0.1) is 31.1 Å². The number of hydrogen-bond donors (Lipinski definition) is 3. The lowest BCUT2D eigenvalue weighted by molar-refractivity contribution is 0.206. The van der Waals surface area contributed by atoms with Crippen LogP contribution < -0.4 is 15.4 Å². The van der Waals surface area contributed by atoms with Gasteiger partial charge in [-0.05, 0) is 24.4 Å². The fourth-order valence-corrected chi connectivity index (χ4v) is 5.47. The van der Waals surface area contributed by atoms with E-state index >= 15 is 0 Å². The number of aliphatic imine (C=N–C) groups is 1. The van der Waals surface area contributed by atoms with Crippen LogP contribution in [0.4, 0.5) is 0 Å². The molecule has 29 heavy (non-hydrogen) atoms. The van der Waals surface area contributed by atoms with E-state index < -0.39 is 15.9 Å².